The summed E-state index contributed by atoms with van der Waals surface area (Å²) in [4.78, 5) is 3.79. The van der Waals surface area contributed by atoms with E-state index in [1.165, 1.54) is 21.6 Å². The molecule has 0 heterocycles. The molecule has 0 aromatic heterocycles. The van der Waals surface area contributed by atoms with Crippen LogP contribution in [0.25, 0.3) is 0 Å². The first-order chi connectivity index (χ1) is 5.45. The molecule has 0 aliphatic carbocycles. The van der Waals surface area contributed by atoms with Crippen LogP contribution in [0.2, 0.25) is 0 Å². The van der Waals surface area contributed by atoms with Crippen molar-refractivity contribution in [1.29, 1.82) is 0 Å². The number of thiocarbonyl (C=S) groups is 2. The maximum absolute atomic E-state index is 5.07. The Morgan fingerprint density at radius 2 is 1.00 bits per heavy atom. The minimum atomic E-state index is 0. The van der Waals surface area contributed by atoms with Crippen LogP contribution in [0, 0.1) is 0 Å². The molecule has 0 bridgehead atoms. The summed E-state index contributed by atoms with van der Waals surface area (Å²) in [6.07, 6.45) is 0. The van der Waals surface area contributed by atoms with Gasteiger partial charge in [0, 0.05) is 28.2 Å². The van der Waals surface area contributed by atoms with Gasteiger partial charge in [-0.1, -0.05) is 24.4 Å². The zero-order valence-corrected chi connectivity index (χ0v) is 10.8. The van der Waals surface area contributed by atoms with Gasteiger partial charge in [-0.25, -0.2) is 0 Å². The van der Waals surface area contributed by atoms with Crippen LogP contribution < -0.4 is 0 Å². The second-order valence-corrected chi connectivity index (χ2v) is 5.88. The number of rotatable bonds is 0. The van der Waals surface area contributed by atoms with Gasteiger partial charge in [0.15, 0.2) is 0 Å². The molecule has 0 unspecified atom stereocenters. The van der Waals surface area contributed by atoms with Crippen molar-refractivity contribution in [3.63, 3.8) is 0 Å². The van der Waals surface area contributed by atoms with Crippen LogP contribution in [0.1, 0.15) is 0 Å². The second kappa shape index (κ2) is 13.2. The van der Waals surface area contributed by atoms with E-state index < -0.39 is 0 Å². The first kappa shape index (κ1) is 22.9. The molecule has 0 aromatic carbocycles. The van der Waals surface area contributed by atoms with Crippen molar-refractivity contribution in [3.8, 4) is 0 Å². The van der Waals surface area contributed by atoms with Crippen LogP contribution in [0.3, 0.4) is 0 Å². The van der Waals surface area contributed by atoms with Gasteiger partial charge in [0.2, 0.25) is 0 Å². The van der Waals surface area contributed by atoms with Crippen molar-refractivity contribution in [2.24, 2.45) is 0 Å². The SMILES string of the molecule is CN(C)C(=S)SSC(=S)N(C)C.[KH].[KH]. The minimum absolute atomic E-state index is 0. The van der Waals surface area contributed by atoms with Gasteiger partial charge >= 0.3 is 103 Å². The third-order valence-corrected chi connectivity index (χ3v) is 5.07. The van der Waals surface area contributed by atoms with Gasteiger partial charge in [-0.3, -0.25) is 0 Å². The van der Waals surface area contributed by atoms with Gasteiger partial charge in [0.1, 0.15) is 8.64 Å². The molecule has 0 spiro atoms. The van der Waals surface area contributed by atoms with Crippen LogP contribution >= 0.6 is 46.0 Å². The fourth-order valence-corrected chi connectivity index (χ4v) is 2.60. The maximum atomic E-state index is 5.07. The normalized spacial score (nSPS) is 8.00. The molecule has 8 heteroatoms. The monoisotopic (exact) mass is 320 g/mol. The average Bonchev–Trinajstić information content (AvgIpc) is 1.98. The van der Waals surface area contributed by atoms with E-state index in [-0.39, 0.29) is 103 Å². The Balaban J connectivity index is -0.000000605. The van der Waals surface area contributed by atoms with Crippen LogP contribution in [0.4, 0.5) is 0 Å². The molecule has 0 rings (SSSR count). The number of hydrogen-bond donors (Lipinski definition) is 0. The van der Waals surface area contributed by atoms with Crippen molar-refractivity contribution < 1.29 is 0 Å². The van der Waals surface area contributed by atoms with Crippen LogP contribution in [0.15, 0.2) is 0 Å². The fraction of sp³-hybridized carbons (Fsp3) is 0.667. The van der Waals surface area contributed by atoms with Gasteiger partial charge in [-0.05, 0) is 21.6 Å². The summed E-state index contributed by atoms with van der Waals surface area (Å²) < 4.78 is 1.67. The molecule has 0 N–H and O–H groups in total. The van der Waals surface area contributed by atoms with Gasteiger partial charge in [0.25, 0.3) is 0 Å². The molecule has 0 atom stereocenters. The quantitative estimate of drug-likeness (QED) is 0.367. The van der Waals surface area contributed by atoms with E-state index in [1.807, 2.05) is 38.0 Å². The Morgan fingerprint density at radius 3 is 1.14 bits per heavy atom. The van der Waals surface area contributed by atoms with E-state index in [1.54, 1.807) is 0 Å². The van der Waals surface area contributed by atoms with E-state index in [2.05, 4.69) is 0 Å². The summed E-state index contributed by atoms with van der Waals surface area (Å²) in [6, 6.07) is 0. The summed E-state index contributed by atoms with van der Waals surface area (Å²) in [5.41, 5.74) is 0. The summed E-state index contributed by atoms with van der Waals surface area (Å²) in [7, 11) is 10.7. The van der Waals surface area contributed by atoms with Crippen LogP contribution in [0.5, 0.6) is 0 Å². The zero-order chi connectivity index (χ0) is 9.72. The Hall–Kier alpha value is 3.75. The Morgan fingerprint density at radius 1 is 0.786 bits per heavy atom. The van der Waals surface area contributed by atoms with Crippen LogP contribution in [-0.4, -0.2) is 149 Å². The molecule has 0 fully saturated rings. The molecular weight excluding hydrogens is 307 g/mol. The molecule has 0 saturated heterocycles. The Bertz CT molecular complexity index is 167. The van der Waals surface area contributed by atoms with Gasteiger partial charge in [0.05, 0.1) is 0 Å². The predicted octanol–water partition coefficient (Wildman–Crippen LogP) is 0.764. The molecule has 0 radical (unpaired) electrons. The van der Waals surface area contributed by atoms with Gasteiger partial charge in [-0.2, -0.15) is 0 Å². The third-order valence-electron chi connectivity index (χ3n) is 0.915. The van der Waals surface area contributed by atoms with Crippen molar-refractivity contribution in [2.45, 2.75) is 0 Å². The van der Waals surface area contributed by atoms with E-state index in [0.29, 0.717) is 0 Å². The first-order valence-electron chi connectivity index (χ1n) is 3.22. The number of nitrogens with zero attached hydrogens (tertiary/aromatic N) is 2. The zero-order valence-electron chi connectivity index (χ0n) is 7.53. The van der Waals surface area contributed by atoms with E-state index in [9.17, 15) is 0 Å². The van der Waals surface area contributed by atoms with Crippen molar-refractivity contribution >= 4 is 157 Å². The third kappa shape index (κ3) is 12.2. The molecule has 0 aliphatic rings. The van der Waals surface area contributed by atoms with Crippen molar-refractivity contribution in [2.75, 3.05) is 28.2 Å². The Labute approximate surface area is 190 Å². The van der Waals surface area contributed by atoms with Crippen LogP contribution in [-0.2, 0) is 0 Å². The predicted molar refractivity (Wildman–Crippen MR) is 82.1 cm³/mol. The molecule has 0 aliphatic heterocycles. The molecule has 0 saturated carbocycles. The van der Waals surface area contributed by atoms with Gasteiger partial charge in [-0.15, -0.1) is 0 Å². The fourth-order valence-electron chi connectivity index (χ4n) is 0.220. The number of hydrogen-bond acceptors (Lipinski definition) is 4. The summed E-state index contributed by atoms with van der Waals surface area (Å²) in [5, 5.41) is 0. The standard InChI is InChI=1S/C6H12N2S4.2K.2H/c1-7(2)5(9)11-12-6(10)8(3)4;;;;/h1-4H3;;;;. The molecule has 14 heavy (non-hydrogen) atoms. The first-order valence-corrected chi connectivity index (χ1v) is 6.19. The summed E-state index contributed by atoms with van der Waals surface area (Å²) in [6.45, 7) is 0. The van der Waals surface area contributed by atoms with E-state index >= 15 is 0 Å². The van der Waals surface area contributed by atoms with E-state index in [4.69, 9.17) is 24.4 Å². The molecule has 0 amide bonds. The topological polar surface area (TPSA) is 6.48 Å². The Kier molecular flexibility index (Phi) is 21.6. The molecule has 0 aromatic rings. The molecular formula is C6H14K2N2S4. The molecule has 74 valence electrons. The second-order valence-electron chi connectivity index (χ2n) is 2.49. The van der Waals surface area contributed by atoms with Crippen molar-refractivity contribution in [3.05, 3.63) is 0 Å². The summed E-state index contributed by atoms with van der Waals surface area (Å²) in [5.74, 6) is 0. The van der Waals surface area contributed by atoms with Gasteiger partial charge < -0.3 is 9.80 Å². The van der Waals surface area contributed by atoms with Crippen molar-refractivity contribution in [1.82, 2.24) is 9.80 Å². The molecule has 2 nitrogen and oxygen atoms in total. The average molecular weight is 321 g/mol. The summed E-state index contributed by atoms with van der Waals surface area (Å²) >= 11 is 10.1. The van der Waals surface area contributed by atoms with E-state index in [0.717, 1.165) is 8.64 Å².